The molecule has 1 saturated heterocycles. The van der Waals surface area contributed by atoms with Gasteiger partial charge in [-0.2, -0.15) is 5.26 Å². The quantitative estimate of drug-likeness (QED) is 0.174. The van der Waals surface area contributed by atoms with Crippen molar-refractivity contribution in [1.29, 1.82) is 5.26 Å². The fourth-order valence-corrected chi connectivity index (χ4v) is 3.32. The molecule has 2 unspecified atom stereocenters. The predicted octanol–water partition coefficient (Wildman–Crippen LogP) is 4.63. The average Bonchev–Trinajstić information content (AvgIpc) is 3.42. The summed E-state index contributed by atoms with van der Waals surface area (Å²) in [5.74, 6) is 4.62. The van der Waals surface area contributed by atoms with Crippen LogP contribution in [-0.4, -0.2) is 54.8 Å². The Labute approximate surface area is 242 Å². The minimum absolute atomic E-state index is 0.218. The monoisotopic (exact) mass is 562 g/mol. The Balaban J connectivity index is 0.000000538. The van der Waals surface area contributed by atoms with Gasteiger partial charge >= 0.3 is 0 Å². The molecule has 1 aliphatic rings. The summed E-state index contributed by atoms with van der Waals surface area (Å²) < 4.78 is 0. The first-order valence-corrected chi connectivity index (χ1v) is 13.0. The van der Waals surface area contributed by atoms with Crippen LogP contribution in [0.1, 0.15) is 40.5 Å². The Morgan fingerprint density at radius 2 is 1.73 bits per heavy atom. The van der Waals surface area contributed by atoms with Crippen molar-refractivity contribution in [3.05, 3.63) is 66.9 Å². The van der Waals surface area contributed by atoms with E-state index >= 15 is 0 Å². The molecule has 1 aromatic heterocycles. The standard InChI is InChI=1S/C9H9N3.C9H10N2O3.C7H9N.C5H12.CH2O/c10-12-8-3-4-9-7(6-8)2-1-5-11-9;10-4-8-3-7(6-13)5-11(8)9(14)1-2-12;1-8-7-5-3-2-4-6-7;1-5(2,3)4;1-2/h1-6,12H,10H2;2,6-8H,1,3,5H2;2-6,8H,1H3;1-4H3;1H2. The Hall–Kier alpha value is -4.62. The van der Waals surface area contributed by atoms with Crippen molar-refractivity contribution in [2.24, 2.45) is 17.2 Å². The number of nitriles is 1. The second-order valence-corrected chi connectivity index (χ2v) is 10.4. The highest BCUT2D eigenvalue weighted by Crippen LogP contribution is 2.21. The van der Waals surface area contributed by atoms with Gasteiger partial charge in [0.2, 0.25) is 5.91 Å². The lowest BCUT2D eigenvalue weighted by molar-refractivity contribution is -0.132. The normalized spacial score (nSPS) is 14.9. The molecule has 0 saturated carbocycles. The molecule has 1 amide bonds. The number of nitrogen functional groups attached to an aromatic ring is 1. The van der Waals surface area contributed by atoms with Crippen LogP contribution in [0.3, 0.4) is 0 Å². The molecule has 10 nitrogen and oxygen atoms in total. The number of anilines is 2. The number of likely N-dealkylation sites (tertiary alicyclic amines) is 1. The minimum Gasteiger partial charge on any atom is -0.388 e. The van der Waals surface area contributed by atoms with Gasteiger partial charge in [0.1, 0.15) is 25.4 Å². The number of hydrazine groups is 1. The number of aromatic nitrogens is 1. The van der Waals surface area contributed by atoms with Crippen LogP contribution in [0.4, 0.5) is 11.4 Å². The van der Waals surface area contributed by atoms with Crippen molar-refractivity contribution in [2.45, 2.75) is 46.6 Å². The molecule has 0 aliphatic carbocycles. The Morgan fingerprint density at radius 3 is 2.22 bits per heavy atom. The van der Waals surface area contributed by atoms with Gasteiger partial charge in [-0.25, -0.2) is 0 Å². The molecule has 2 aromatic carbocycles. The van der Waals surface area contributed by atoms with Gasteiger partial charge in [-0.05, 0) is 48.2 Å². The minimum atomic E-state index is -0.558. The molecular formula is C31H42N6O4. The van der Waals surface area contributed by atoms with Gasteiger partial charge in [-0.3, -0.25) is 15.6 Å². The first-order chi connectivity index (χ1) is 19.6. The van der Waals surface area contributed by atoms with Crippen molar-refractivity contribution >= 4 is 47.5 Å². The van der Waals surface area contributed by atoms with Crippen LogP contribution in [-0.2, 0) is 19.2 Å². The van der Waals surface area contributed by atoms with Crippen LogP contribution in [0.5, 0.6) is 0 Å². The van der Waals surface area contributed by atoms with E-state index in [4.69, 9.17) is 15.9 Å². The number of carbonyl (C=O) groups is 4. The summed E-state index contributed by atoms with van der Waals surface area (Å²) >= 11 is 0. The van der Waals surface area contributed by atoms with Gasteiger partial charge in [-0.1, -0.05) is 52.0 Å². The fraction of sp³-hybridized carbons (Fsp3) is 0.355. The van der Waals surface area contributed by atoms with Crippen LogP contribution in [0.25, 0.3) is 10.9 Å². The molecular weight excluding hydrogens is 520 g/mol. The number of nitrogens with zero attached hydrogens (tertiary/aromatic N) is 3. The summed E-state index contributed by atoms with van der Waals surface area (Å²) in [6.45, 7) is 11.0. The van der Waals surface area contributed by atoms with Crippen LogP contribution < -0.4 is 16.6 Å². The number of amides is 1. The summed E-state index contributed by atoms with van der Waals surface area (Å²) in [7, 11) is 1.91. The third-order valence-corrected chi connectivity index (χ3v) is 5.09. The summed E-state index contributed by atoms with van der Waals surface area (Å²) in [4.78, 5) is 45.4. The lowest BCUT2D eigenvalue weighted by atomic mass is 10.0. The number of benzene rings is 2. The molecule has 10 heteroatoms. The maximum absolute atomic E-state index is 11.3. The number of nitrogens with two attached hydrogens (primary N) is 1. The molecule has 2 heterocycles. The Bertz CT molecular complexity index is 1220. The Kier molecular flexibility index (Phi) is 18.0. The number of hydrogen-bond donors (Lipinski definition) is 3. The number of fused-ring (bicyclic) bond motifs is 1. The van der Waals surface area contributed by atoms with Gasteiger partial charge in [0.25, 0.3) is 0 Å². The lowest BCUT2D eigenvalue weighted by Gasteiger charge is -2.17. The number of rotatable bonds is 5. The maximum atomic E-state index is 11.3. The van der Waals surface area contributed by atoms with Crippen LogP contribution in [0.2, 0.25) is 0 Å². The summed E-state index contributed by atoms with van der Waals surface area (Å²) in [6.07, 6.45) is 3.19. The van der Waals surface area contributed by atoms with Crippen LogP contribution in [0, 0.1) is 22.7 Å². The Morgan fingerprint density at radius 1 is 1.10 bits per heavy atom. The largest absolute Gasteiger partial charge is 0.388 e. The second-order valence-electron chi connectivity index (χ2n) is 10.4. The summed E-state index contributed by atoms with van der Waals surface area (Å²) in [5.41, 5.74) is 6.13. The zero-order chi connectivity index (χ0) is 31.3. The number of pyridine rings is 1. The molecule has 0 bridgehead atoms. The zero-order valence-electron chi connectivity index (χ0n) is 24.5. The highest BCUT2D eigenvalue weighted by molar-refractivity contribution is 5.89. The SMILES string of the molecule is C=O.CC(C)(C)C.CNc1ccccc1.N#CC1CC(C=O)CN1C(=O)CC=O.NNc1ccc2ncccc2c1. The van der Waals surface area contributed by atoms with Gasteiger partial charge in [-0.15, -0.1) is 0 Å². The second kappa shape index (κ2) is 20.3. The highest BCUT2D eigenvalue weighted by Gasteiger charge is 2.34. The number of aldehydes is 2. The van der Waals surface area contributed by atoms with Gasteiger partial charge < -0.3 is 30.0 Å². The van der Waals surface area contributed by atoms with E-state index in [1.54, 1.807) is 6.20 Å². The lowest BCUT2D eigenvalue weighted by Crippen LogP contribution is -2.35. The van der Waals surface area contributed by atoms with Gasteiger partial charge in [0.15, 0.2) is 0 Å². The molecule has 41 heavy (non-hydrogen) atoms. The predicted molar refractivity (Wildman–Crippen MR) is 164 cm³/mol. The van der Waals surface area contributed by atoms with E-state index in [-0.39, 0.29) is 24.8 Å². The van der Waals surface area contributed by atoms with Crippen molar-refractivity contribution in [3.8, 4) is 6.07 Å². The highest BCUT2D eigenvalue weighted by atomic mass is 16.2. The van der Waals surface area contributed by atoms with Crippen molar-refractivity contribution in [3.63, 3.8) is 0 Å². The molecule has 220 valence electrons. The first kappa shape index (κ1) is 36.4. The van der Waals surface area contributed by atoms with Crippen LogP contribution in [0.15, 0.2) is 66.9 Å². The van der Waals surface area contributed by atoms with E-state index in [1.165, 1.54) is 4.90 Å². The van der Waals surface area contributed by atoms with E-state index < -0.39 is 6.04 Å². The average molecular weight is 563 g/mol. The number of carbonyl (C=O) groups excluding carboxylic acids is 4. The van der Waals surface area contributed by atoms with E-state index in [9.17, 15) is 14.4 Å². The van der Waals surface area contributed by atoms with Crippen molar-refractivity contribution in [1.82, 2.24) is 9.88 Å². The smallest absolute Gasteiger partial charge is 0.230 e. The molecule has 3 aromatic rings. The molecule has 1 fully saturated rings. The van der Waals surface area contributed by atoms with Gasteiger partial charge in [0.05, 0.1) is 18.0 Å². The molecule has 1 aliphatic heterocycles. The molecule has 4 N–H and O–H groups in total. The number of para-hydroxylation sites is 1. The van der Waals surface area contributed by atoms with Crippen molar-refractivity contribution < 1.29 is 19.2 Å². The molecule has 0 radical (unpaired) electrons. The molecule has 2 atom stereocenters. The summed E-state index contributed by atoms with van der Waals surface area (Å²) in [5, 5.41) is 12.8. The van der Waals surface area contributed by atoms with E-state index in [2.05, 4.69) is 43.4 Å². The fourth-order valence-electron chi connectivity index (χ4n) is 3.32. The van der Waals surface area contributed by atoms with E-state index in [0.29, 0.717) is 18.1 Å². The number of nitrogens with one attached hydrogen (secondary N) is 2. The summed E-state index contributed by atoms with van der Waals surface area (Å²) in [6, 6.07) is 21.2. The van der Waals surface area contributed by atoms with E-state index in [1.807, 2.05) is 80.6 Å². The van der Waals surface area contributed by atoms with Crippen molar-refractivity contribution in [2.75, 3.05) is 24.3 Å². The van der Waals surface area contributed by atoms with Gasteiger partial charge in [0, 0.05) is 42.5 Å². The number of hydrogen-bond acceptors (Lipinski definition) is 9. The first-order valence-electron chi connectivity index (χ1n) is 13.0. The van der Waals surface area contributed by atoms with E-state index in [0.717, 1.165) is 28.6 Å². The van der Waals surface area contributed by atoms with Crippen LogP contribution >= 0.6 is 0 Å². The third kappa shape index (κ3) is 15.5. The zero-order valence-corrected chi connectivity index (χ0v) is 24.5. The maximum Gasteiger partial charge on any atom is 0.230 e. The topological polar surface area (TPSA) is 158 Å². The molecule has 0 spiro atoms. The third-order valence-electron chi connectivity index (χ3n) is 5.09. The molecule has 4 rings (SSSR count).